The normalized spacial score (nSPS) is 10.8. The van der Waals surface area contributed by atoms with E-state index >= 15 is 0 Å². The molecule has 7 nitrogen and oxygen atoms in total. The van der Waals surface area contributed by atoms with Crippen LogP contribution in [0.2, 0.25) is 0 Å². The maximum absolute atomic E-state index is 12.5. The van der Waals surface area contributed by atoms with Gasteiger partial charge >= 0.3 is 0 Å². The fourth-order valence-corrected chi connectivity index (χ4v) is 2.77. The molecule has 4 rings (SSSR count). The maximum Gasteiger partial charge on any atom is 0.251 e. The number of aromatic nitrogens is 5. The number of nitrogens with zero attached hydrogens (tertiary/aromatic N) is 5. The molecule has 0 aliphatic heterocycles. The Kier molecular flexibility index (Phi) is 4.10. The molecule has 0 aliphatic carbocycles. The molecule has 1 N–H and O–H groups in total. The zero-order valence-electron chi connectivity index (χ0n) is 14.1. The van der Waals surface area contributed by atoms with E-state index in [9.17, 15) is 4.79 Å². The van der Waals surface area contributed by atoms with E-state index in [2.05, 4.69) is 25.4 Å². The summed E-state index contributed by atoms with van der Waals surface area (Å²) in [5.74, 6) is -0.168. The third kappa shape index (κ3) is 3.14. The van der Waals surface area contributed by atoms with Crippen LogP contribution in [0.5, 0.6) is 0 Å². The number of benzene rings is 1. The van der Waals surface area contributed by atoms with E-state index < -0.39 is 0 Å². The number of carbonyl (C=O) groups is 1. The van der Waals surface area contributed by atoms with Gasteiger partial charge in [0.15, 0.2) is 0 Å². The second-order valence-corrected chi connectivity index (χ2v) is 5.86. The van der Waals surface area contributed by atoms with Gasteiger partial charge in [0.2, 0.25) is 0 Å². The van der Waals surface area contributed by atoms with Gasteiger partial charge < -0.3 is 5.32 Å². The Morgan fingerprint density at radius 3 is 2.73 bits per heavy atom. The summed E-state index contributed by atoms with van der Waals surface area (Å²) in [6, 6.07) is 9.08. The molecule has 3 heterocycles. The Bertz CT molecular complexity index is 1090. The van der Waals surface area contributed by atoms with Gasteiger partial charge in [-0.15, -0.1) is 0 Å². The quantitative estimate of drug-likeness (QED) is 0.614. The Morgan fingerprint density at radius 1 is 1.08 bits per heavy atom. The Morgan fingerprint density at radius 2 is 1.92 bits per heavy atom. The van der Waals surface area contributed by atoms with E-state index in [0.717, 1.165) is 22.3 Å². The van der Waals surface area contributed by atoms with Crippen molar-refractivity contribution in [1.82, 2.24) is 30.0 Å². The highest BCUT2D eigenvalue weighted by Gasteiger charge is 2.11. The molecule has 4 aromatic rings. The lowest BCUT2D eigenvalue weighted by Crippen LogP contribution is -2.23. The van der Waals surface area contributed by atoms with Crippen molar-refractivity contribution in [2.75, 3.05) is 0 Å². The van der Waals surface area contributed by atoms with E-state index in [4.69, 9.17) is 0 Å². The lowest BCUT2D eigenvalue weighted by Gasteiger charge is -2.09. The first kappa shape index (κ1) is 15.9. The van der Waals surface area contributed by atoms with Crippen LogP contribution in [0.15, 0.2) is 61.3 Å². The van der Waals surface area contributed by atoms with Crippen molar-refractivity contribution in [2.24, 2.45) is 7.05 Å². The zero-order valence-corrected chi connectivity index (χ0v) is 14.1. The highest BCUT2D eigenvalue weighted by Crippen LogP contribution is 2.20. The summed E-state index contributed by atoms with van der Waals surface area (Å²) in [7, 11) is 1.86. The summed E-state index contributed by atoms with van der Waals surface area (Å²) < 4.78 is 1.72. The molecule has 128 valence electrons. The zero-order chi connectivity index (χ0) is 17.9. The smallest absolute Gasteiger partial charge is 0.251 e. The van der Waals surface area contributed by atoms with Gasteiger partial charge in [-0.3, -0.25) is 24.4 Å². The van der Waals surface area contributed by atoms with Crippen molar-refractivity contribution < 1.29 is 4.79 Å². The van der Waals surface area contributed by atoms with Gasteiger partial charge in [-0.05, 0) is 29.8 Å². The molecule has 0 radical (unpaired) electrons. The Labute approximate surface area is 149 Å². The molecule has 7 heteroatoms. The number of hydrogen-bond acceptors (Lipinski definition) is 5. The molecule has 26 heavy (non-hydrogen) atoms. The van der Waals surface area contributed by atoms with Crippen LogP contribution in [0.3, 0.4) is 0 Å². The minimum atomic E-state index is -0.168. The third-order valence-corrected chi connectivity index (χ3v) is 4.04. The van der Waals surface area contributed by atoms with Crippen LogP contribution < -0.4 is 5.32 Å². The number of pyridine rings is 1. The van der Waals surface area contributed by atoms with Crippen molar-refractivity contribution in [3.8, 4) is 11.3 Å². The average Bonchev–Trinajstić information content (AvgIpc) is 3.12. The fraction of sp³-hybridized carbons (Fsp3) is 0.105. The highest BCUT2D eigenvalue weighted by molar-refractivity contribution is 5.97. The van der Waals surface area contributed by atoms with Gasteiger partial charge in [-0.1, -0.05) is 6.07 Å². The monoisotopic (exact) mass is 344 g/mol. The summed E-state index contributed by atoms with van der Waals surface area (Å²) in [5, 5.41) is 7.12. The Hall–Kier alpha value is -3.61. The average molecular weight is 344 g/mol. The van der Waals surface area contributed by atoms with E-state index in [1.165, 1.54) is 0 Å². The molecular weight excluding hydrogens is 328 g/mol. The van der Waals surface area contributed by atoms with Crippen LogP contribution in [0.1, 0.15) is 15.9 Å². The van der Waals surface area contributed by atoms with E-state index in [-0.39, 0.29) is 5.91 Å². The molecule has 0 aliphatic rings. The van der Waals surface area contributed by atoms with Crippen molar-refractivity contribution in [3.05, 3.63) is 72.4 Å². The maximum atomic E-state index is 12.5. The number of rotatable bonds is 4. The molecular formula is C19H16N6O. The highest BCUT2D eigenvalue weighted by atomic mass is 16.1. The van der Waals surface area contributed by atoms with Gasteiger partial charge in [0.1, 0.15) is 0 Å². The topological polar surface area (TPSA) is 85.6 Å². The molecule has 1 amide bonds. The summed E-state index contributed by atoms with van der Waals surface area (Å²) in [5.41, 5.74) is 4.65. The van der Waals surface area contributed by atoms with E-state index in [1.54, 1.807) is 47.7 Å². The number of carbonyl (C=O) groups excluding carboxylic acids is 1. The summed E-state index contributed by atoms with van der Waals surface area (Å²) in [6.45, 7) is 0.370. The molecule has 0 unspecified atom stereocenters. The first-order valence-corrected chi connectivity index (χ1v) is 8.12. The summed E-state index contributed by atoms with van der Waals surface area (Å²) >= 11 is 0. The number of amides is 1. The number of hydrogen-bond donors (Lipinski definition) is 1. The minimum absolute atomic E-state index is 0.168. The number of fused-ring (bicyclic) bond motifs is 1. The van der Waals surface area contributed by atoms with Crippen molar-refractivity contribution in [1.29, 1.82) is 0 Å². The molecule has 0 saturated carbocycles. The van der Waals surface area contributed by atoms with Gasteiger partial charge in [0, 0.05) is 49.5 Å². The lowest BCUT2D eigenvalue weighted by molar-refractivity contribution is 0.0951. The van der Waals surface area contributed by atoms with Crippen molar-refractivity contribution >= 4 is 16.9 Å². The number of aryl methyl sites for hydroxylation is 1. The molecule has 3 aromatic heterocycles. The SMILES string of the molecule is Cn1cc(-c2ncccc2CNC(=O)c2ccc3nccnc3c2)cn1. The summed E-state index contributed by atoms with van der Waals surface area (Å²) in [4.78, 5) is 25.4. The fourth-order valence-electron chi connectivity index (χ4n) is 2.77. The van der Waals surface area contributed by atoms with Gasteiger partial charge in [0.25, 0.3) is 5.91 Å². The van der Waals surface area contributed by atoms with Crippen molar-refractivity contribution in [2.45, 2.75) is 6.54 Å². The Balaban J connectivity index is 1.54. The standard InChI is InChI=1S/C19H16N6O/c1-25-12-15(11-24-25)18-14(3-2-6-22-18)10-23-19(26)13-4-5-16-17(9-13)21-8-7-20-16/h2-9,11-12H,10H2,1H3,(H,23,26). The second kappa shape index (κ2) is 6.72. The summed E-state index contributed by atoms with van der Waals surface area (Å²) in [6.07, 6.45) is 8.63. The largest absolute Gasteiger partial charge is 0.348 e. The molecule has 0 atom stereocenters. The first-order valence-electron chi connectivity index (χ1n) is 8.12. The predicted molar refractivity (Wildman–Crippen MR) is 97.1 cm³/mol. The van der Waals surface area contributed by atoms with Crippen LogP contribution in [0.25, 0.3) is 22.3 Å². The number of nitrogens with one attached hydrogen (secondary N) is 1. The molecule has 0 saturated heterocycles. The molecule has 0 bridgehead atoms. The van der Waals surface area contributed by atoms with Gasteiger partial charge in [0.05, 0.1) is 22.9 Å². The van der Waals surface area contributed by atoms with Crippen LogP contribution in [0, 0.1) is 0 Å². The molecule has 1 aromatic carbocycles. The van der Waals surface area contributed by atoms with Crippen LogP contribution in [0.4, 0.5) is 0 Å². The van der Waals surface area contributed by atoms with Crippen molar-refractivity contribution in [3.63, 3.8) is 0 Å². The van der Waals surface area contributed by atoms with Gasteiger partial charge in [-0.25, -0.2) is 0 Å². The minimum Gasteiger partial charge on any atom is -0.348 e. The van der Waals surface area contributed by atoms with Crippen LogP contribution in [-0.2, 0) is 13.6 Å². The molecule has 0 spiro atoms. The van der Waals surface area contributed by atoms with Crippen LogP contribution in [-0.4, -0.2) is 30.6 Å². The first-order chi connectivity index (χ1) is 12.7. The lowest BCUT2D eigenvalue weighted by atomic mass is 10.1. The second-order valence-electron chi connectivity index (χ2n) is 5.86. The third-order valence-electron chi connectivity index (χ3n) is 4.04. The van der Waals surface area contributed by atoms with Gasteiger partial charge in [-0.2, -0.15) is 5.10 Å². The molecule has 0 fully saturated rings. The predicted octanol–water partition coefficient (Wildman–Crippen LogP) is 2.36. The van der Waals surface area contributed by atoms with Crippen LogP contribution >= 0.6 is 0 Å². The van der Waals surface area contributed by atoms with E-state index in [1.807, 2.05) is 25.4 Å². The van der Waals surface area contributed by atoms with E-state index in [0.29, 0.717) is 17.6 Å².